The smallest absolute Gasteiger partial charge is 0.150 e. The quantitative estimate of drug-likeness (QED) is 0.819. The monoisotopic (exact) mass is 303 g/mol. The summed E-state index contributed by atoms with van der Waals surface area (Å²) in [5.41, 5.74) is 0.142. The molecule has 0 radical (unpaired) electrons. The summed E-state index contributed by atoms with van der Waals surface area (Å²) in [6, 6.07) is 0. The van der Waals surface area contributed by atoms with Crippen LogP contribution >= 0.6 is 0 Å². The highest BCUT2D eigenvalue weighted by Gasteiger charge is 2.30. The van der Waals surface area contributed by atoms with Gasteiger partial charge in [-0.2, -0.15) is 0 Å². The Bertz CT molecular complexity index is 384. The van der Waals surface area contributed by atoms with E-state index in [-0.39, 0.29) is 11.3 Å². The van der Waals surface area contributed by atoms with Gasteiger partial charge in [0.15, 0.2) is 0 Å². The fourth-order valence-corrected chi connectivity index (χ4v) is 4.05. The van der Waals surface area contributed by atoms with E-state index in [1.54, 1.807) is 6.92 Å². The summed E-state index contributed by atoms with van der Waals surface area (Å²) in [5, 5.41) is 3.60. The molecule has 0 aliphatic heterocycles. The van der Waals surface area contributed by atoms with Crippen LogP contribution in [-0.4, -0.2) is 32.0 Å². The highest BCUT2D eigenvalue weighted by molar-refractivity contribution is 7.91. The van der Waals surface area contributed by atoms with Crippen molar-refractivity contribution in [3.05, 3.63) is 0 Å². The summed E-state index contributed by atoms with van der Waals surface area (Å²) < 4.78 is 23.5. The molecule has 4 heteroatoms. The van der Waals surface area contributed by atoms with Crippen molar-refractivity contribution in [3.63, 3.8) is 0 Å². The van der Waals surface area contributed by atoms with E-state index in [4.69, 9.17) is 0 Å². The van der Waals surface area contributed by atoms with Gasteiger partial charge in [-0.05, 0) is 64.3 Å². The number of rotatable bonds is 6. The van der Waals surface area contributed by atoms with Crippen LogP contribution in [0.5, 0.6) is 0 Å². The van der Waals surface area contributed by atoms with Gasteiger partial charge in [0.1, 0.15) is 9.84 Å². The van der Waals surface area contributed by atoms with Crippen LogP contribution in [0.2, 0.25) is 0 Å². The molecule has 0 aromatic carbocycles. The van der Waals surface area contributed by atoms with Crippen LogP contribution in [0.15, 0.2) is 0 Å². The van der Waals surface area contributed by atoms with E-state index in [0.29, 0.717) is 17.6 Å². The molecule has 1 aliphatic rings. The van der Waals surface area contributed by atoms with Gasteiger partial charge in [0.05, 0.1) is 5.75 Å². The highest BCUT2D eigenvalue weighted by Crippen LogP contribution is 2.36. The maximum atomic E-state index is 11.7. The molecule has 3 unspecified atom stereocenters. The molecule has 120 valence electrons. The summed E-state index contributed by atoms with van der Waals surface area (Å²) in [7, 11) is -2.82. The number of nitrogens with one attached hydrogen (secondary N) is 1. The van der Waals surface area contributed by atoms with E-state index in [9.17, 15) is 8.42 Å². The van der Waals surface area contributed by atoms with Crippen molar-refractivity contribution in [1.29, 1.82) is 0 Å². The summed E-state index contributed by atoms with van der Waals surface area (Å²) in [4.78, 5) is 0. The van der Waals surface area contributed by atoms with Crippen LogP contribution in [-0.2, 0) is 9.84 Å². The number of hydrogen-bond acceptors (Lipinski definition) is 3. The Hall–Kier alpha value is -0.0900. The van der Waals surface area contributed by atoms with Gasteiger partial charge in [0.2, 0.25) is 0 Å². The second-order valence-corrected chi connectivity index (χ2v) is 10.1. The van der Waals surface area contributed by atoms with Crippen LogP contribution in [0.4, 0.5) is 0 Å². The van der Waals surface area contributed by atoms with Crippen molar-refractivity contribution < 1.29 is 8.42 Å². The molecule has 3 atom stereocenters. The molecular weight excluding hydrogens is 270 g/mol. The second-order valence-electron chi connectivity index (χ2n) is 7.59. The van der Waals surface area contributed by atoms with E-state index < -0.39 is 9.84 Å². The van der Waals surface area contributed by atoms with Gasteiger partial charge >= 0.3 is 0 Å². The molecule has 1 N–H and O–H groups in total. The van der Waals surface area contributed by atoms with E-state index in [1.165, 1.54) is 19.3 Å². The predicted octanol–water partition coefficient (Wildman–Crippen LogP) is 3.25. The minimum atomic E-state index is -2.82. The van der Waals surface area contributed by atoms with Gasteiger partial charge in [-0.1, -0.05) is 20.3 Å². The third kappa shape index (κ3) is 6.57. The van der Waals surface area contributed by atoms with Crippen LogP contribution in [0.3, 0.4) is 0 Å². The first-order chi connectivity index (χ1) is 9.13. The first-order valence-electron chi connectivity index (χ1n) is 8.08. The molecule has 0 amide bonds. The van der Waals surface area contributed by atoms with Crippen LogP contribution in [0, 0.1) is 17.8 Å². The average molecular weight is 304 g/mol. The Morgan fingerprint density at radius 3 is 2.35 bits per heavy atom. The molecular formula is C16H33NO2S. The molecule has 0 saturated heterocycles. The molecule has 0 heterocycles. The lowest BCUT2D eigenvalue weighted by molar-refractivity contribution is 0.171. The predicted molar refractivity (Wildman–Crippen MR) is 86.7 cm³/mol. The molecule has 3 nitrogen and oxygen atoms in total. The molecule has 0 bridgehead atoms. The lowest BCUT2D eigenvalue weighted by atomic mass is 9.73. The Labute approximate surface area is 125 Å². The van der Waals surface area contributed by atoms with Crippen molar-refractivity contribution in [2.45, 2.75) is 65.8 Å². The number of sulfone groups is 1. The molecule has 0 aromatic rings. The summed E-state index contributed by atoms with van der Waals surface area (Å²) >= 11 is 0. The number of hydrogen-bond donors (Lipinski definition) is 1. The largest absolute Gasteiger partial charge is 0.312 e. The first-order valence-corrected chi connectivity index (χ1v) is 9.90. The normalized spacial score (nSPS) is 28.6. The van der Waals surface area contributed by atoms with Gasteiger partial charge in [0, 0.05) is 11.3 Å². The highest BCUT2D eigenvalue weighted by atomic mass is 32.2. The molecule has 1 fully saturated rings. The van der Waals surface area contributed by atoms with E-state index >= 15 is 0 Å². The molecule has 1 saturated carbocycles. The lowest BCUT2D eigenvalue weighted by Gasteiger charge is -2.37. The molecule has 0 spiro atoms. The van der Waals surface area contributed by atoms with Gasteiger partial charge in [-0.25, -0.2) is 8.42 Å². The Kier molecular flexibility index (Phi) is 6.52. The lowest BCUT2D eigenvalue weighted by Crippen LogP contribution is -2.42. The van der Waals surface area contributed by atoms with Crippen molar-refractivity contribution >= 4 is 9.84 Å². The van der Waals surface area contributed by atoms with E-state index in [0.717, 1.165) is 18.9 Å². The Balaban J connectivity index is 2.57. The Morgan fingerprint density at radius 2 is 1.80 bits per heavy atom. The standard InChI is InChI=1S/C16H33NO2S/c1-6-20(18,19)10-9-14-11-13(2)7-8-15(14)12-17-16(3,4)5/h13-15,17H,6-12H2,1-5H3. The third-order valence-corrected chi connectivity index (χ3v) is 6.27. The summed E-state index contributed by atoms with van der Waals surface area (Å²) in [5.74, 6) is 2.59. The van der Waals surface area contributed by atoms with Crippen molar-refractivity contribution in [2.24, 2.45) is 17.8 Å². The zero-order valence-corrected chi connectivity index (χ0v) is 14.7. The minimum Gasteiger partial charge on any atom is -0.312 e. The van der Waals surface area contributed by atoms with Gasteiger partial charge < -0.3 is 5.32 Å². The summed E-state index contributed by atoms with van der Waals surface area (Å²) in [6.45, 7) is 11.6. The van der Waals surface area contributed by atoms with Gasteiger partial charge in [-0.3, -0.25) is 0 Å². The van der Waals surface area contributed by atoms with Crippen LogP contribution < -0.4 is 5.32 Å². The van der Waals surface area contributed by atoms with Crippen molar-refractivity contribution in [2.75, 3.05) is 18.1 Å². The van der Waals surface area contributed by atoms with Gasteiger partial charge in [0.25, 0.3) is 0 Å². The van der Waals surface area contributed by atoms with Crippen LogP contribution in [0.25, 0.3) is 0 Å². The second kappa shape index (κ2) is 7.26. The zero-order chi connectivity index (χ0) is 15.4. The van der Waals surface area contributed by atoms with Crippen molar-refractivity contribution in [3.8, 4) is 0 Å². The maximum absolute atomic E-state index is 11.7. The van der Waals surface area contributed by atoms with Gasteiger partial charge in [-0.15, -0.1) is 0 Å². The zero-order valence-electron chi connectivity index (χ0n) is 13.9. The fourth-order valence-electron chi connectivity index (χ4n) is 3.10. The Morgan fingerprint density at radius 1 is 1.15 bits per heavy atom. The summed E-state index contributed by atoms with van der Waals surface area (Å²) in [6.07, 6.45) is 4.56. The van der Waals surface area contributed by atoms with E-state index in [1.807, 2.05) is 0 Å². The molecule has 1 aliphatic carbocycles. The topological polar surface area (TPSA) is 46.2 Å². The third-order valence-electron chi connectivity index (χ3n) is 4.54. The van der Waals surface area contributed by atoms with Crippen molar-refractivity contribution in [1.82, 2.24) is 5.32 Å². The van der Waals surface area contributed by atoms with Crippen LogP contribution in [0.1, 0.15) is 60.3 Å². The average Bonchev–Trinajstić information content (AvgIpc) is 2.34. The van der Waals surface area contributed by atoms with E-state index in [2.05, 4.69) is 33.0 Å². The first kappa shape index (κ1) is 18.0. The molecule has 20 heavy (non-hydrogen) atoms. The SMILES string of the molecule is CCS(=O)(=O)CCC1CC(C)CCC1CNC(C)(C)C. The minimum absolute atomic E-state index is 0.142. The molecule has 0 aromatic heterocycles. The maximum Gasteiger partial charge on any atom is 0.150 e. The molecule has 1 rings (SSSR count). The fraction of sp³-hybridized carbons (Fsp3) is 1.00.